The molecular formula is C12H24N2O2. The second-order valence-corrected chi connectivity index (χ2v) is 4.34. The highest BCUT2D eigenvalue weighted by molar-refractivity contribution is 5.78. The number of carbonyl (C=O) groups excluding carboxylic acids is 1. The molecule has 0 aromatic rings. The summed E-state index contributed by atoms with van der Waals surface area (Å²) in [5, 5.41) is 3.18. The van der Waals surface area contributed by atoms with Crippen molar-refractivity contribution in [2.24, 2.45) is 0 Å². The zero-order chi connectivity index (χ0) is 12.0. The van der Waals surface area contributed by atoms with Crippen LogP contribution in [0.15, 0.2) is 0 Å². The van der Waals surface area contributed by atoms with Crippen LogP contribution in [0.2, 0.25) is 0 Å². The minimum absolute atomic E-state index is 0.177. The quantitative estimate of drug-likeness (QED) is 0.738. The molecule has 4 heteroatoms. The summed E-state index contributed by atoms with van der Waals surface area (Å²) < 4.78 is 5.67. The first-order valence-corrected chi connectivity index (χ1v) is 6.31. The zero-order valence-corrected chi connectivity index (χ0v) is 10.7. The summed E-state index contributed by atoms with van der Waals surface area (Å²) in [5.41, 5.74) is 0. The number of hydrogen-bond donors (Lipinski definition) is 1. The van der Waals surface area contributed by atoms with Gasteiger partial charge in [0.05, 0.1) is 18.8 Å². The Kier molecular flexibility index (Phi) is 5.77. The predicted octanol–water partition coefficient (Wildman–Crippen LogP) is 1.01. The Balaban J connectivity index is 2.12. The molecule has 0 bridgehead atoms. The van der Waals surface area contributed by atoms with E-state index in [4.69, 9.17) is 4.74 Å². The van der Waals surface area contributed by atoms with Crippen LogP contribution in [0.5, 0.6) is 0 Å². The van der Waals surface area contributed by atoms with Gasteiger partial charge in [-0.05, 0) is 33.6 Å². The van der Waals surface area contributed by atoms with Gasteiger partial charge >= 0.3 is 0 Å². The molecule has 0 aliphatic carbocycles. The van der Waals surface area contributed by atoms with Crippen molar-refractivity contribution >= 4 is 5.91 Å². The fraction of sp³-hybridized carbons (Fsp3) is 0.917. The van der Waals surface area contributed by atoms with E-state index >= 15 is 0 Å². The van der Waals surface area contributed by atoms with Crippen LogP contribution in [0, 0.1) is 0 Å². The Morgan fingerprint density at radius 3 is 2.56 bits per heavy atom. The van der Waals surface area contributed by atoms with E-state index in [1.54, 1.807) is 0 Å². The van der Waals surface area contributed by atoms with E-state index in [1.165, 1.54) is 0 Å². The third-order valence-electron chi connectivity index (χ3n) is 3.08. The molecule has 1 heterocycles. The standard InChI is InChI=1S/C12H24N2O2/c1-4-14(5-2)12(15)9-13-8-11-7-6-10(3)16-11/h10-11,13H,4-9H2,1-3H3. The highest BCUT2D eigenvalue weighted by atomic mass is 16.5. The lowest BCUT2D eigenvalue weighted by molar-refractivity contribution is -0.129. The van der Waals surface area contributed by atoms with Crippen LogP contribution in [-0.2, 0) is 9.53 Å². The van der Waals surface area contributed by atoms with E-state index in [0.29, 0.717) is 18.8 Å². The predicted molar refractivity (Wildman–Crippen MR) is 64.4 cm³/mol. The summed E-state index contributed by atoms with van der Waals surface area (Å²) in [6, 6.07) is 0. The fourth-order valence-corrected chi connectivity index (χ4v) is 2.06. The number of carbonyl (C=O) groups is 1. The lowest BCUT2D eigenvalue weighted by atomic mass is 10.2. The van der Waals surface area contributed by atoms with Crippen molar-refractivity contribution in [1.29, 1.82) is 0 Å². The molecule has 1 saturated heterocycles. The lowest BCUT2D eigenvalue weighted by Crippen LogP contribution is -2.40. The van der Waals surface area contributed by atoms with Gasteiger partial charge in [0, 0.05) is 19.6 Å². The van der Waals surface area contributed by atoms with Crippen LogP contribution < -0.4 is 5.32 Å². The van der Waals surface area contributed by atoms with E-state index < -0.39 is 0 Å². The topological polar surface area (TPSA) is 41.6 Å². The van der Waals surface area contributed by atoms with E-state index in [-0.39, 0.29) is 5.91 Å². The summed E-state index contributed by atoms with van der Waals surface area (Å²) in [7, 11) is 0. The van der Waals surface area contributed by atoms with Crippen LogP contribution in [0.1, 0.15) is 33.6 Å². The molecule has 1 aliphatic heterocycles. The molecule has 2 atom stereocenters. The highest BCUT2D eigenvalue weighted by Crippen LogP contribution is 2.17. The van der Waals surface area contributed by atoms with Gasteiger partial charge in [0.25, 0.3) is 0 Å². The van der Waals surface area contributed by atoms with Gasteiger partial charge in [0.15, 0.2) is 0 Å². The molecule has 1 fully saturated rings. The maximum Gasteiger partial charge on any atom is 0.236 e. The van der Waals surface area contributed by atoms with E-state index in [9.17, 15) is 4.79 Å². The summed E-state index contributed by atoms with van der Waals surface area (Å²) in [5.74, 6) is 0.177. The van der Waals surface area contributed by atoms with Crippen molar-refractivity contribution in [3.8, 4) is 0 Å². The van der Waals surface area contributed by atoms with Crippen LogP contribution >= 0.6 is 0 Å². The summed E-state index contributed by atoms with van der Waals surface area (Å²) in [6.07, 6.45) is 2.91. The summed E-state index contributed by atoms with van der Waals surface area (Å²) in [6.45, 7) is 8.89. The molecule has 1 amide bonds. The number of hydrogen-bond acceptors (Lipinski definition) is 3. The molecule has 2 unspecified atom stereocenters. The third-order valence-corrected chi connectivity index (χ3v) is 3.08. The normalized spacial score (nSPS) is 24.7. The van der Waals surface area contributed by atoms with Crippen molar-refractivity contribution in [3.05, 3.63) is 0 Å². The Labute approximate surface area is 98.3 Å². The molecule has 0 radical (unpaired) electrons. The average molecular weight is 228 g/mol. The van der Waals surface area contributed by atoms with Crippen molar-refractivity contribution in [2.45, 2.75) is 45.8 Å². The van der Waals surface area contributed by atoms with E-state index in [2.05, 4.69) is 12.2 Å². The second kappa shape index (κ2) is 6.86. The van der Waals surface area contributed by atoms with Crippen molar-refractivity contribution in [1.82, 2.24) is 10.2 Å². The van der Waals surface area contributed by atoms with Gasteiger partial charge in [-0.1, -0.05) is 0 Å². The lowest BCUT2D eigenvalue weighted by Gasteiger charge is -2.19. The first-order valence-electron chi connectivity index (χ1n) is 6.31. The fourth-order valence-electron chi connectivity index (χ4n) is 2.06. The second-order valence-electron chi connectivity index (χ2n) is 4.34. The number of rotatable bonds is 6. The number of ether oxygens (including phenoxy) is 1. The van der Waals surface area contributed by atoms with Gasteiger partial charge in [-0.2, -0.15) is 0 Å². The van der Waals surface area contributed by atoms with Crippen LogP contribution in [-0.4, -0.2) is 49.2 Å². The molecule has 0 saturated carbocycles. The summed E-state index contributed by atoms with van der Waals surface area (Å²) in [4.78, 5) is 13.5. The zero-order valence-electron chi connectivity index (χ0n) is 10.7. The van der Waals surface area contributed by atoms with Gasteiger partial charge in [0.1, 0.15) is 0 Å². The number of amides is 1. The monoisotopic (exact) mass is 228 g/mol. The highest BCUT2D eigenvalue weighted by Gasteiger charge is 2.21. The molecule has 0 aromatic heterocycles. The SMILES string of the molecule is CCN(CC)C(=O)CNCC1CCC(C)O1. The van der Waals surface area contributed by atoms with Crippen LogP contribution in [0.4, 0.5) is 0 Å². The Bertz CT molecular complexity index is 217. The van der Waals surface area contributed by atoms with Crippen molar-refractivity contribution in [2.75, 3.05) is 26.2 Å². The number of likely N-dealkylation sites (N-methyl/N-ethyl adjacent to an activating group) is 1. The first kappa shape index (κ1) is 13.5. The molecule has 1 aliphatic rings. The molecular weight excluding hydrogens is 204 g/mol. The van der Waals surface area contributed by atoms with E-state index in [1.807, 2.05) is 18.7 Å². The maximum atomic E-state index is 11.7. The van der Waals surface area contributed by atoms with Gasteiger partial charge in [-0.15, -0.1) is 0 Å². The minimum Gasteiger partial charge on any atom is -0.374 e. The van der Waals surface area contributed by atoms with Gasteiger partial charge in [0.2, 0.25) is 5.91 Å². The molecule has 0 aromatic carbocycles. The maximum absolute atomic E-state index is 11.7. The molecule has 16 heavy (non-hydrogen) atoms. The molecule has 1 N–H and O–H groups in total. The molecule has 4 nitrogen and oxygen atoms in total. The number of nitrogens with one attached hydrogen (secondary N) is 1. The van der Waals surface area contributed by atoms with E-state index in [0.717, 1.165) is 32.5 Å². The Hall–Kier alpha value is -0.610. The Morgan fingerprint density at radius 2 is 2.06 bits per heavy atom. The molecule has 94 valence electrons. The number of nitrogens with zero attached hydrogens (tertiary/aromatic N) is 1. The molecule has 1 rings (SSSR count). The average Bonchev–Trinajstić information content (AvgIpc) is 2.66. The molecule has 0 spiro atoms. The van der Waals surface area contributed by atoms with Crippen LogP contribution in [0.25, 0.3) is 0 Å². The smallest absolute Gasteiger partial charge is 0.236 e. The van der Waals surface area contributed by atoms with Crippen molar-refractivity contribution in [3.63, 3.8) is 0 Å². The van der Waals surface area contributed by atoms with Gasteiger partial charge in [-0.25, -0.2) is 0 Å². The van der Waals surface area contributed by atoms with Gasteiger partial charge < -0.3 is 15.0 Å². The largest absolute Gasteiger partial charge is 0.374 e. The third kappa shape index (κ3) is 4.10. The first-order chi connectivity index (χ1) is 7.67. The minimum atomic E-state index is 0.177. The Morgan fingerprint density at radius 1 is 1.38 bits per heavy atom. The van der Waals surface area contributed by atoms with Crippen LogP contribution in [0.3, 0.4) is 0 Å². The van der Waals surface area contributed by atoms with Gasteiger partial charge in [-0.3, -0.25) is 4.79 Å². The summed E-state index contributed by atoms with van der Waals surface area (Å²) >= 11 is 0. The van der Waals surface area contributed by atoms with Crippen molar-refractivity contribution < 1.29 is 9.53 Å².